The first-order chi connectivity index (χ1) is 6.43. The first-order valence-corrected chi connectivity index (χ1v) is 4.59. The van der Waals surface area contributed by atoms with E-state index in [1.54, 1.807) is 11.8 Å². The average molecular weight is 201 g/mol. The highest BCUT2D eigenvalue weighted by Crippen LogP contribution is 2.22. The molecule has 5 nitrogen and oxygen atoms in total. The van der Waals surface area contributed by atoms with Crippen LogP contribution in [0.3, 0.4) is 0 Å². The third kappa shape index (κ3) is 1.97. The summed E-state index contributed by atoms with van der Waals surface area (Å²) in [4.78, 5) is 23.6. The van der Waals surface area contributed by atoms with E-state index < -0.39 is 18.4 Å². The molecule has 80 valence electrons. The molecule has 1 amide bonds. The number of amides is 1. The Morgan fingerprint density at radius 2 is 2.14 bits per heavy atom. The van der Waals surface area contributed by atoms with Gasteiger partial charge in [-0.25, -0.2) is 4.79 Å². The predicted octanol–water partition coefficient (Wildman–Crippen LogP) is 1.12. The van der Waals surface area contributed by atoms with Crippen LogP contribution in [0.25, 0.3) is 0 Å². The Hall–Kier alpha value is -1.26. The fourth-order valence-electron chi connectivity index (χ4n) is 1.52. The van der Waals surface area contributed by atoms with Crippen molar-refractivity contribution in [3.05, 3.63) is 0 Å². The van der Waals surface area contributed by atoms with Gasteiger partial charge in [-0.3, -0.25) is 9.69 Å². The van der Waals surface area contributed by atoms with Gasteiger partial charge in [0.1, 0.15) is 6.04 Å². The van der Waals surface area contributed by atoms with Crippen molar-refractivity contribution in [2.75, 3.05) is 0 Å². The summed E-state index contributed by atoms with van der Waals surface area (Å²) in [5.41, 5.74) is 0. The topological polar surface area (TPSA) is 55.8 Å². The van der Waals surface area contributed by atoms with Crippen molar-refractivity contribution < 1.29 is 19.1 Å². The molecular formula is C9H15NO4. The molecular weight excluding hydrogens is 186 g/mol. The zero-order valence-electron chi connectivity index (χ0n) is 8.81. The number of hydrogen-bond donors (Lipinski definition) is 0. The molecule has 0 aromatic carbocycles. The molecule has 1 saturated heterocycles. The predicted molar refractivity (Wildman–Crippen MR) is 48.5 cm³/mol. The Kier molecular flexibility index (Phi) is 2.98. The SMILES string of the molecule is CC(=O)O[C@H]1OC(=O)N(C(C)C)[C@@H]1C. The van der Waals surface area contributed by atoms with Crippen LogP contribution in [0, 0.1) is 0 Å². The van der Waals surface area contributed by atoms with E-state index in [-0.39, 0.29) is 12.1 Å². The van der Waals surface area contributed by atoms with E-state index in [1.165, 1.54) is 6.92 Å². The number of carbonyl (C=O) groups is 2. The lowest BCUT2D eigenvalue weighted by Crippen LogP contribution is -2.40. The van der Waals surface area contributed by atoms with Crippen LogP contribution in [0.2, 0.25) is 0 Å². The first-order valence-electron chi connectivity index (χ1n) is 4.59. The molecule has 0 aromatic heterocycles. The Labute approximate surface area is 83.0 Å². The van der Waals surface area contributed by atoms with Gasteiger partial charge in [0.15, 0.2) is 0 Å². The number of nitrogens with zero attached hydrogens (tertiary/aromatic N) is 1. The molecule has 0 saturated carbocycles. The van der Waals surface area contributed by atoms with Crippen molar-refractivity contribution in [2.24, 2.45) is 0 Å². The zero-order valence-corrected chi connectivity index (χ0v) is 8.81. The van der Waals surface area contributed by atoms with Gasteiger partial charge < -0.3 is 9.47 Å². The summed E-state index contributed by atoms with van der Waals surface area (Å²) in [5.74, 6) is -0.444. The normalized spacial score (nSPS) is 26.6. The molecule has 0 aromatic rings. The van der Waals surface area contributed by atoms with Crippen LogP contribution in [-0.4, -0.2) is 35.3 Å². The summed E-state index contributed by atoms with van der Waals surface area (Å²) in [6.07, 6.45) is -1.21. The van der Waals surface area contributed by atoms with E-state index >= 15 is 0 Å². The Bertz CT molecular complexity index is 251. The van der Waals surface area contributed by atoms with E-state index in [1.807, 2.05) is 13.8 Å². The number of hydrogen-bond acceptors (Lipinski definition) is 4. The van der Waals surface area contributed by atoms with E-state index in [4.69, 9.17) is 9.47 Å². The number of rotatable bonds is 2. The quantitative estimate of drug-likeness (QED) is 0.628. The fourth-order valence-corrected chi connectivity index (χ4v) is 1.52. The number of carbonyl (C=O) groups excluding carboxylic acids is 2. The second kappa shape index (κ2) is 3.86. The van der Waals surface area contributed by atoms with E-state index in [9.17, 15) is 9.59 Å². The third-order valence-corrected chi connectivity index (χ3v) is 2.10. The molecule has 1 aliphatic heterocycles. The lowest BCUT2D eigenvalue weighted by molar-refractivity contribution is -0.163. The molecule has 0 N–H and O–H groups in total. The van der Waals surface area contributed by atoms with Gasteiger partial charge in [0.05, 0.1) is 0 Å². The third-order valence-electron chi connectivity index (χ3n) is 2.10. The largest absolute Gasteiger partial charge is 0.423 e. The second-order valence-corrected chi connectivity index (χ2v) is 3.60. The number of cyclic esters (lactones) is 1. The van der Waals surface area contributed by atoms with Crippen molar-refractivity contribution in [2.45, 2.75) is 46.1 Å². The lowest BCUT2D eigenvalue weighted by Gasteiger charge is -2.23. The number of ether oxygens (including phenoxy) is 2. The minimum atomic E-state index is -0.776. The molecule has 14 heavy (non-hydrogen) atoms. The molecule has 0 bridgehead atoms. The highest BCUT2D eigenvalue weighted by molar-refractivity contribution is 5.72. The molecule has 0 radical (unpaired) electrons. The lowest BCUT2D eigenvalue weighted by atomic mass is 10.2. The highest BCUT2D eigenvalue weighted by atomic mass is 16.7. The summed E-state index contributed by atoms with van der Waals surface area (Å²) in [6, 6.07) is -0.190. The van der Waals surface area contributed by atoms with Gasteiger partial charge >= 0.3 is 12.1 Å². The van der Waals surface area contributed by atoms with Gasteiger partial charge in [0.2, 0.25) is 0 Å². The monoisotopic (exact) mass is 201 g/mol. The second-order valence-electron chi connectivity index (χ2n) is 3.60. The maximum Gasteiger partial charge on any atom is 0.413 e. The average Bonchev–Trinajstić information content (AvgIpc) is 2.25. The summed E-state index contributed by atoms with van der Waals surface area (Å²) < 4.78 is 9.75. The van der Waals surface area contributed by atoms with Crippen molar-refractivity contribution in [3.8, 4) is 0 Å². The molecule has 1 heterocycles. The summed E-state index contributed by atoms with van der Waals surface area (Å²) in [6.45, 7) is 6.85. The van der Waals surface area contributed by atoms with Crippen LogP contribution in [0.15, 0.2) is 0 Å². The first kappa shape index (κ1) is 10.8. The molecule has 1 aliphatic rings. The van der Waals surface area contributed by atoms with E-state index in [2.05, 4.69) is 0 Å². The van der Waals surface area contributed by atoms with Gasteiger partial charge in [-0.15, -0.1) is 0 Å². The van der Waals surface area contributed by atoms with Gasteiger partial charge in [0.25, 0.3) is 6.29 Å². The van der Waals surface area contributed by atoms with Crippen LogP contribution < -0.4 is 0 Å². The zero-order chi connectivity index (χ0) is 10.9. The van der Waals surface area contributed by atoms with Gasteiger partial charge in [-0.2, -0.15) is 0 Å². The van der Waals surface area contributed by atoms with E-state index in [0.717, 1.165) is 0 Å². The minimum Gasteiger partial charge on any atom is -0.423 e. The Morgan fingerprint density at radius 3 is 2.50 bits per heavy atom. The van der Waals surface area contributed by atoms with Crippen molar-refractivity contribution in [1.29, 1.82) is 0 Å². The van der Waals surface area contributed by atoms with Crippen LogP contribution in [0.1, 0.15) is 27.7 Å². The maximum absolute atomic E-state index is 11.3. The van der Waals surface area contributed by atoms with Gasteiger partial charge in [-0.05, 0) is 20.8 Å². The summed E-state index contributed by atoms with van der Waals surface area (Å²) in [5, 5.41) is 0. The number of esters is 1. The molecule has 1 fully saturated rings. The summed E-state index contributed by atoms with van der Waals surface area (Å²) >= 11 is 0. The van der Waals surface area contributed by atoms with Crippen molar-refractivity contribution in [3.63, 3.8) is 0 Å². The molecule has 5 heteroatoms. The van der Waals surface area contributed by atoms with Crippen LogP contribution in [0.5, 0.6) is 0 Å². The van der Waals surface area contributed by atoms with Crippen LogP contribution in [-0.2, 0) is 14.3 Å². The van der Waals surface area contributed by atoms with Crippen LogP contribution >= 0.6 is 0 Å². The molecule has 0 unspecified atom stereocenters. The van der Waals surface area contributed by atoms with Gasteiger partial charge in [0, 0.05) is 13.0 Å². The van der Waals surface area contributed by atoms with Crippen molar-refractivity contribution >= 4 is 12.1 Å². The maximum atomic E-state index is 11.3. The highest BCUT2D eigenvalue weighted by Gasteiger charge is 2.42. The standard InChI is InChI=1S/C9H15NO4/c1-5(2)10-6(3)8(13-7(4)11)14-9(10)12/h5-6,8H,1-4H3/t6-,8+/m1/s1. The minimum absolute atomic E-state index is 0.0399. The fraction of sp³-hybridized carbons (Fsp3) is 0.778. The van der Waals surface area contributed by atoms with E-state index in [0.29, 0.717) is 0 Å². The van der Waals surface area contributed by atoms with Gasteiger partial charge in [-0.1, -0.05) is 0 Å². The summed E-state index contributed by atoms with van der Waals surface area (Å²) in [7, 11) is 0. The molecule has 0 spiro atoms. The molecule has 2 atom stereocenters. The molecule has 1 rings (SSSR count). The smallest absolute Gasteiger partial charge is 0.413 e. The van der Waals surface area contributed by atoms with Crippen LogP contribution in [0.4, 0.5) is 4.79 Å². The molecule has 0 aliphatic carbocycles. The Morgan fingerprint density at radius 1 is 1.57 bits per heavy atom. The van der Waals surface area contributed by atoms with Crippen molar-refractivity contribution in [1.82, 2.24) is 4.90 Å². The Balaban J connectivity index is 2.68.